The first-order chi connectivity index (χ1) is 14.9. The largest absolute Gasteiger partial charge is 0.333 e. The van der Waals surface area contributed by atoms with Crippen LogP contribution in [0.25, 0.3) is 22.6 Å². The Bertz CT molecular complexity index is 1230. The number of benzene rings is 2. The molecule has 1 N–H and O–H groups in total. The number of aryl methyl sites for hydroxylation is 1. The van der Waals surface area contributed by atoms with Crippen molar-refractivity contribution >= 4 is 17.7 Å². The Balaban J connectivity index is 1.43. The molecule has 2 aliphatic rings. The van der Waals surface area contributed by atoms with E-state index in [0.717, 1.165) is 22.4 Å². The molecular weight excluding hydrogens is 399 g/mol. The van der Waals surface area contributed by atoms with E-state index >= 15 is 0 Å². The summed E-state index contributed by atoms with van der Waals surface area (Å²) in [5.74, 6) is -0.533. The van der Waals surface area contributed by atoms with Gasteiger partial charge in [0.2, 0.25) is 11.8 Å². The maximum absolute atomic E-state index is 13.2. The number of amides is 3. The standard InChI is InChI=1S/C23H19FN4O3/c1-27-12-18(25-21(27)13-2-5-16(24)6-3-13)14-4-7-17-15(10-14)11-28(23(17)31)19-8-9-20(29)26-22(19)30/h2-7,10,12,19H,8-9,11H2,1H3,(H,26,29,30). The van der Waals surface area contributed by atoms with Gasteiger partial charge in [0.1, 0.15) is 17.7 Å². The van der Waals surface area contributed by atoms with Gasteiger partial charge in [0.25, 0.3) is 5.91 Å². The minimum Gasteiger partial charge on any atom is -0.333 e. The number of imidazole rings is 1. The van der Waals surface area contributed by atoms with E-state index < -0.39 is 11.9 Å². The molecule has 1 saturated heterocycles. The molecular formula is C23H19FN4O3. The van der Waals surface area contributed by atoms with E-state index in [9.17, 15) is 18.8 Å². The van der Waals surface area contributed by atoms with E-state index in [-0.39, 0.29) is 24.1 Å². The fourth-order valence-corrected chi connectivity index (χ4v) is 4.21. The van der Waals surface area contributed by atoms with Crippen molar-refractivity contribution in [3.05, 3.63) is 65.6 Å². The average Bonchev–Trinajstić information content (AvgIpc) is 3.29. The highest BCUT2D eigenvalue weighted by atomic mass is 19.1. The first-order valence-corrected chi connectivity index (χ1v) is 9.98. The van der Waals surface area contributed by atoms with Gasteiger partial charge < -0.3 is 9.47 Å². The number of hydrogen-bond donors (Lipinski definition) is 1. The van der Waals surface area contributed by atoms with Crippen LogP contribution in [0.1, 0.15) is 28.8 Å². The summed E-state index contributed by atoms with van der Waals surface area (Å²) in [5.41, 5.74) is 3.76. The molecule has 2 aliphatic heterocycles. The van der Waals surface area contributed by atoms with Gasteiger partial charge in [0, 0.05) is 42.9 Å². The van der Waals surface area contributed by atoms with Crippen LogP contribution in [0, 0.1) is 5.82 Å². The zero-order valence-electron chi connectivity index (χ0n) is 16.8. The van der Waals surface area contributed by atoms with Gasteiger partial charge in [-0.05, 0) is 48.4 Å². The van der Waals surface area contributed by atoms with Crippen LogP contribution in [0.2, 0.25) is 0 Å². The quantitative estimate of drug-likeness (QED) is 0.663. The molecule has 31 heavy (non-hydrogen) atoms. The molecule has 0 saturated carbocycles. The van der Waals surface area contributed by atoms with Crippen LogP contribution in [-0.4, -0.2) is 38.2 Å². The Labute approximate surface area is 177 Å². The van der Waals surface area contributed by atoms with Gasteiger partial charge in [-0.25, -0.2) is 9.37 Å². The van der Waals surface area contributed by atoms with Crippen LogP contribution >= 0.6 is 0 Å². The van der Waals surface area contributed by atoms with Crippen molar-refractivity contribution in [1.82, 2.24) is 19.8 Å². The number of aromatic nitrogens is 2. The second-order valence-corrected chi connectivity index (χ2v) is 7.84. The fourth-order valence-electron chi connectivity index (χ4n) is 4.21. The number of rotatable bonds is 3. The molecule has 0 aliphatic carbocycles. The van der Waals surface area contributed by atoms with Crippen molar-refractivity contribution in [2.45, 2.75) is 25.4 Å². The Kier molecular flexibility index (Phi) is 4.43. The van der Waals surface area contributed by atoms with Crippen molar-refractivity contribution in [3.8, 4) is 22.6 Å². The number of piperidine rings is 1. The van der Waals surface area contributed by atoms with Gasteiger partial charge in [-0.2, -0.15) is 0 Å². The molecule has 1 unspecified atom stereocenters. The van der Waals surface area contributed by atoms with Gasteiger partial charge in [0.15, 0.2) is 0 Å². The van der Waals surface area contributed by atoms with Crippen LogP contribution in [0.3, 0.4) is 0 Å². The van der Waals surface area contributed by atoms with Crippen LogP contribution in [0.15, 0.2) is 48.7 Å². The Morgan fingerprint density at radius 3 is 2.55 bits per heavy atom. The number of fused-ring (bicyclic) bond motifs is 1. The van der Waals surface area contributed by atoms with Crippen molar-refractivity contribution in [1.29, 1.82) is 0 Å². The molecule has 7 nitrogen and oxygen atoms in total. The first-order valence-electron chi connectivity index (χ1n) is 9.98. The molecule has 2 aromatic carbocycles. The molecule has 1 aromatic heterocycles. The highest BCUT2D eigenvalue weighted by Gasteiger charge is 2.39. The van der Waals surface area contributed by atoms with E-state index in [1.54, 1.807) is 18.2 Å². The fraction of sp³-hybridized carbons (Fsp3) is 0.217. The first kappa shape index (κ1) is 19.2. The SMILES string of the molecule is Cn1cc(-c2ccc3c(c2)CN(C2CCC(=O)NC2=O)C3=O)nc1-c1ccc(F)cc1. The topological polar surface area (TPSA) is 84.3 Å². The molecule has 0 radical (unpaired) electrons. The maximum Gasteiger partial charge on any atom is 0.255 e. The normalized spacial score (nSPS) is 18.3. The summed E-state index contributed by atoms with van der Waals surface area (Å²) >= 11 is 0. The molecule has 0 spiro atoms. The van der Waals surface area contributed by atoms with Gasteiger partial charge in [-0.15, -0.1) is 0 Å². The molecule has 3 amide bonds. The summed E-state index contributed by atoms with van der Waals surface area (Å²) < 4.78 is 15.1. The lowest BCUT2D eigenvalue weighted by Crippen LogP contribution is -2.52. The Morgan fingerprint density at radius 1 is 1.06 bits per heavy atom. The predicted molar refractivity (Wildman–Crippen MR) is 110 cm³/mol. The van der Waals surface area contributed by atoms with E-state index in [0.29, 0.717) is 24.4 Å². The van der Waals surface area contributed by atoms with Crippen LogP contribution < -0.4 is 5.32 Å². The lowest BCUT2D eigenvalue weighted by molar-refractivity contribution is -0.136. The second kappa shape index (κ2) is 7.16. The van der Waals surface area contributed by atoms with Crippen molar-refractivity contribution in [2.75, 3.05) is 0 Å². The molecule has 1 fully saturated rings. The minimum absolute atomic E-state index is 0.205. The molecule has 5 rings (SSSR count). The summed E-state index contributed by atoms with van der Waals surface area (Å²) in [4.78, 5) is 42.7. The Hall–Kier alpha value is -3.81. The third-order valence-corrected chi connectivity index (χ3v) is 5.80. The summed E-state index contributed by atoms with van der Waals surface area (Å²) in [6.07, 6.45) is 2.44. The van der Waals surface area contributed by atoms with E-state index in [1.165, 1.54) is 17.0 Å². The smallest absolute Gasteiger partial charge is 0.255 e. The van der Waals surface area contributed by atoms with Gasteiger partial charge in [-0.1, -0.05) is 6.07 Å². The van der Waals surface area contributed by atoms with E-state index in [2.05, 4.69) is 5.32 Å². The molecule has 3 aromatic rings. The lowest BCUT2D eigenvalue weighted by atomic mass is 10.0. The number of nitrogens with zero attached hydrogens (tertiary/aromatic N) is 3. The number of imide groups is 1. The molecule has 1 atom stereocenters. The second-order valence-electron chi connectivity index (χ2n) is 7.84. The molecule has 3 heterocycles. The maximum atomic E-state index is 13.2. The summed E-state index contributed by atoms with van der Waals surface area (Å²) in [6.45, 7) is 0.311. The van der Waals surface area contributed by atoms with Crippen LogP contribution in [0.4, 0.5) is 4.39 Å². The number of carbonyl (C=O) groups is 3. The van der Waals surface area contributed by atoms with E-state index in [4.69, 9.17) is 4.98 Å². The summed E-state index contributed by atoms with van der Waals surface area (Å²) in [5, 5.41) is 2.31. The highest BCUT2D eigenvalue weighted by Crippen LogP contribution is 2.32. The lowest BCUT2D eigenvalue weighted by Gasteiger charge is -2.29. The number of halogens is 1. The minimum atomic E-state index is -0.638. The van der Waals surface area contributed by atoms with Crippen molar-refractivity contribution < 1.29 is 18.8 Å². The third-order valence-electron chi connectivity index (χ3n) is 5.80. The number of hydrogen-bond acceptors (Lipinski definition) is 4. The van der Waals surface area contributed by atoms with Crippen molar-refractivity contribution in [2.24, 2.45) is 7.05 Å². The Morgan fingerprint density at radius 2 is 1.81 bits per heavy atom. The predicted octanol–water partition coefficient (Wildman–Crippen LogP) is 2.65. The highest BCUT2D eigenvalue weighted by molar-refractivity contribution is 6.05. The van der Waals surface area contributed by atoms with Gasteiger partial charge in [-0.3, -0.25) is 19.7 Å². The van der Waals surface area contributed by atoms with Crippen molar-refractivity contribution in [3.63, 3.8) is 0 Å². The number of carbonyl (C=O) groups excluding carboxylic acids is 3. The molecule has 0 bridgehead atoms. The number of nitrogens with one attached hydrogen (secondary N) is 1. The van der Waals surface area contributed by atoms with Gasteiger partial charge >= 0.3 is 0 Å². The average molecular weight is 418 g/mol. The van der Waals surface area contributed by atoms with Crippen LogP contribution in [-0.2, 0) is 23.2 Å². The summed E-state index contributed by atoms with van der Waals surface area (Å²) in [7, 11) is 1.87. The summed E-state index contributed by atoms with van der Waals surface area (Å²) in [6, 6.07) is 11.0. The van der Waals surface area contributed by atoms with E-state index in [1.807, 2.05) is 29.9 Å². The zero-order valence-corrected chi connectivity index (χ0v) is 16.8. The van der Waals surface area contributed by atoms with Gasteiger partial charge in [0.05, 0.1) is 5.69 Å². The zero-order chi connectivity index (χ0) is 21.7. The molecule has 156 valence electrons. The third kappa shape index (κ3) is 3.30. The molecule has 8 heteroatoms. The van der Waals surface area contributed by atoms with Crippen LogP contribution in [0.5, 0.6) is 0 Å². The monoisotopic (exact) mass is 418 g/mol.